The minimum absolute atomic E-state index is 0.0433. The van der Waals surface area contributed by atoms with E-state index in [1.54, 1.807) is 6.07 Å². The van der Waals surface area contributed by atoms with Crippen LogP contribution in [0.15, 0.2) is 77.7 Å². The van der Waals surface area contributed by atoms with Gasteiger partial charge >= 0.3 is 0 Å². The molecular formula is C24H20FN3O2S. The summed E-state index contributed by atoms with van der Waals surface area (Å²) in [5, 5.41) is 12.6. The van der Waals surface area contributed by atoms with E-state index in [2.05, 4.69) is 23.5 Å². The molecule has 0 amide bonds. The Morgan fingerprint density at radius 2 is 1.61 bits per heavy atom. The van der Waals surface area contributed by atoms with E-state index < -0.39 is 15.8 Å². The molecule has 2 bridgehead atoms. The molecule has 3 aliphatic heterocycles. The van der Waals surface area contributed by atoms with Crippen LogP contribution in [0.25, 0.3) is 11.1 Å². The molecular weight excluding hydrogens is 413 g/mol. The zero-order valence-corrected chi connectivity index (χ0v) is 17.4. The average Bonchev–Trinajstić information content (AvgIpc) is 2.80. The van der Waals surface area contributed by atoms with Gasteiger partial charge in [-0.25, -0.2) is 12.8 Å². The fourth-order valence-corrected chi connectivity index (χ4v) is 6.06. The van der Waals surface area contributed by atoms with E-state index in [1.807, 2.05) is 30.3 Å². The highest BCUT2D eigenvalue weighted by Gasteiger charge is 2.49. The first-order valence-corrected chi connectivity index (χ1v) is 11.5. The smallest absolute Gasteiger partial charge is 0.243 e. The Bertz CT molecular complexity index is 1260. The van der Waals surface area contributed by atoms with Crippen molar-refractivity contribution in [2.75, 3.05) is 13.1 Å². The lowest BCUT2D eigenvalue weighted by Crippen LogP contribution is -2.72. The van der Waals surface area contributed by atoms with Crippen LogP contribution in [0, 0.1) is 17.1 Å². The second kappa shape index (κ2) is 7.57. The highest BCUT2D eigenvalue weighted by atomic mass is 32.2. The summed E-state index contributed by atoms with van der Waals surface area (Å²) in [5.41, 5.74) is 3.84. The summed E-state index contributed by atoms with van der Waals surface area (Å²) in [4.78, 5) is 0.121. The van der Waals surface area contributed by atoms with Gasteiger partial charge in [-0.15, -0.1) is 0 Å². The SMILES string of the molecule is N#Cc1cccc(-c2ccc(C3[C@@H]4CN(S(=O)(=O)c5ccc(F)cc5)C[C@H]3N4)cc2)c1. The molecule has 7 heteroatoms. The molecule has 156 valence electrons. The maximum atomic E-state index is 13.2. The maximum Gasteiger partial charge on any atom is 0.243 e. The van der Waals surface area contributed by atoms with Crippen LogP contribution in [0.5, 0.6) is 0 Å². The Kier molecular flexibility index (Phi) is 4.86. The van der Waals surface area contributed by atoms with Crippen molar-refractivity contribution in [2.45, 2.75) is 22.9 Å². The van der Waals surface area contributed by atoms with Crippen molar-refractivity contribution in [2.24, 2.45) is 0 Å². The van der Waals surface area contributed by atoms with Crippen molar-refractivity contribution in [3.8, 4) is 17.2 Å². The van der Waals surface area contributed by atoms with Gasteiger partial charge < -0.3 is 5.32 Å². The van der Waals surface area contributed by atoms with Gasteiger partial charge in [-0.3, -0.25) is 0 Å². The molecule has 0 spiro atoms. The standard InChI is InChI=1S/C24H20FN3O2S/c25-20-8-10-21(11-9-20)31(29,30)28-14-22-24(23(15-28)27-22)18-6-4-17(5-7-18)19-3-1-2-16(12-19)13-26/h1-12,22-24,27H,14-15H2/t22-,23+,24?. The predicted octanol–water partition coefficient (Wildman–Crippen LogP) is 3.49. The first-order chi connectivity index (χ1) is 15.0. The van der Waals surface area contributed by atoms with Crippen molar-refractivity contribution < 1.29 is 12.8 Å². The number of rotatable bonds is 4. The maximum absolute atomic E-state index is 13.2. The van der Waals surface area contributed by atoms with Gasteiger partial charge in [0.25, 0.3) is 0 Å². The van der Waals surface area contributed by atoms with E-state index in [-0.39, 0.29) is 22.9 Å². The molecule has 0 aromatic heterocycles. The van der Waals surface area contributed by atoms with Gasteiger partial charge in [-0.1, -0.05) is 36.4 Å². The van der Waals surface area contributed by atoms with Gasteiger partial charge in [0.15, 0.2) is 0 Å². The molecule has 5 nitrogen and oxygen atoms in total. The van der Waals surface area contributed by atoms with Crippen LogP contribution >= 0.6 is 0 Å². The lowest BCUT2D eigenvalue weighted by Gasteiger charge is -2.54. The largest absolute Gasteiger partial charge is 0.307 e. The number of benzene rings is 3. The number of sulfonamides is 1. The van der Waals surface area contributed by atoms with Crippen LogP contribution in [-0.4, -0.2) is 37.9 Å². The molecule has 3 aliphatic rings. The zero-order chi connectivity index (χ0) is 21.6. The van der Waals surface area contributed by atoms with Crippen molar-refractivity contribution >= 4 is 10.0 Å². The lowest BCUT2D eigenvalue weighted by atomic mass is 9.75. The van der Waals surface area contributed by atoms with E-state index in [4.69, 9.17) is 5.26 Å². The molecule has 3 heterocycles. The molecule has 3 atom stereocenters. The number of piperazine rings is 1. The van der Waals surface area contributed by atoms with Crippen molar-refractivity contribution in [1.82, 2.24) is 9.62 Å². The average molecular weight is 434 g/mol. The molecule has 0 aliphatic carbocycles. The quantitative estimate of drug-likeness (QED) is 0.684. The molecule has 1 N–H and O–H groups in total. The molecule has 3 aromatic rings. The number of hydrogen-bond donors (Lipinski definition) is 1. The Balaban J connectivity index is 1.32. The van der Waals surface area contributed by atoms with Crippen LogP contribution in [-0.2, 0) is 10.0 Å². The number of piperidine rings is 1. The van der Waals surface area contributed by atoms with Crippen LogP contribution < -0.4 is 5.32 Å². The summed E-state index contributed by atoms with van der Waals surface area (Å²) in [7, 11) is -3.64. The summed E-state index contributed by atoms with van der Waals surface area (Å²) >= 11 is 0. The van der Waals surface area contributed by atoms with E-state index in [0.717, 1.165) is 11.1 Å². The molecule has 31 heavy (non-hydrogen) atoms. The molecule has 3 aromatic carbocycles. The highest BCUT2D eigenvalue weighted by Crippen LogP contribution is 2.39. The summed E-state index contributed by atoms with van der Waals surface area (Å²) in [5.74, 6) is -0.205. The second-order valence-electron chi connectivity index (χ2n) is 8.00. The normalized spacial score (nSPS) is 23.0. The number of halogens is 1. The Hall–Kier alpha value is -3.05. The van der Waals surface area contributed by atoms with Gasteiger partial charge in [0.2, 0.25) is 10.0 Å². The molecule has 6 rings (SSSR count). The predicted molar refractivity (Wildman–Crippen MR) is 115 cm³/mol. The topological polar surface area (TPSA) is 73.2 Å². The summed E-state index contributed by atoms with van der Waals surface area (Å²) in [6.07, 6.45) is 0. The molecule has 0 radical (unpaired) electrons. The number of fused-ring (bicyclic) bond motifs is 2. The summed E-state index contributed by atoms with van der Waals surface area (Å²) in [6, 6.07) is 23.0. The van der Waals surface area contributed by atoms with Gasteiger partial charge in [-0.2, -0.15) is 9.57 Å². The summed E-state index contributed by atoms with van der Waals surface area (Å²) in [6.45, 7) is 0.764. The first-order valence-electron chi connectivity index (χ1n) is 10.1. The minimum atomic E-state index is -3.64. The van der Waals surface area contributed by atoms with Crippen molar-refractivity contribution in [1.29, 1.82) is 5.26 Å². The van der Waals surface area contributed by atoms with E-state index in [9.17, 15) is 12.8 Å². The highest BCUT2D eigenvalue weighted by molar-refractivity contribution is 7.89. The minimum Gasteiger partial charge on any atom is -0.307 e. The van der Waals surface area contributed by atoms with Crippen molar-refractivity contribution in [3.63, 3.8) is 0 Å². The monoisotopic (exact) mass is 433 g/mol. The van der Waals surface area contributed by atoms with Gasteiger partial charge in [0, 0.05) is 31.1 Å². The molecule has 3 fully saturated rings. The van der Waals surface area contributed by atoms with E-state index >= 15 is 0 Å². The molecule has 0 saturated carbocycles. The third-order valence-corrected chi connectivity index (χ3v) is 8.01. The fraction of sp³-hybridized carbons (Fsp3) is 0.208. The summed E-state index contributed by atoms with van der Waals surface area (Å²) < 4.78 is 40.5. The molecule has 3 saturated heterocycles. The van der Waals surface area contributed by atoms with E-state index in [0.29, 0.717) is 18.7 Å². The Morgan fingerprint density at radius 3 is 2.26 bits per heavy atom. The number of nitrogens with one attached hydrogen (secondary N) is 1. The lowest BCUT2D eigenvalue weighted by molar-refractivity contribution is 0.102. The first kappa shape index (κ1) is 19.9. The Labute approximate surface area is 180 Å². The van der Waals surface area contributed by atoms with Gasteiger partial charge in [0.05, 0.1) is 16.5 Å². The number of nitrogens with zero attached hydrogens (tertiary/aromatic N) is 2. The number of hydrogen-bond acceptors (Lipinski definition) is 4. The van der Waals surface area contributed by atoms with Gasteiger partial charge in [-0.05, 0) is 53.1 Å². The third kappa shape index (κ3) is 3.53. The number of nitriles is 1. The second-order valence-corrected chi connectivity index (χ2v) is 9.93. The van der Waals surface area contributed by atoms with E-state index in [1.165, 1.54) is 34.1 Å². The van der Waals surface area contributed by atoms with Crippen LogP contribution in [0.3, 0.4) is 0 Å². The van der Waals surface area contributed by atoms with Crippen molar-refractivity contribution in [3.05, 3.63) is 89.7 Å². The molecule has 1 unspecified atom stereocenters. The van der Waals surface area contributed by atoms with Crippen LogP contribution in [0.4, 0.5) is 4.39 Å². The zero-order valence-electron chi connectivity index (χ0n) is 16.6. The third-order valence-electron chi connectivity index (χ3n) is 6.17. The Morgan fingerprint density at radius 1 is 0.935 bits per heavy atom. The van der Waals surface area contributed by atoms with Gasteiger partial charge in [0.1, 0.15) is 5.82 Å². The van der Waals surface area contributed by atoms with Crippen LogP contribution in [0.1, 0.15) is 17.0 Å². The fourth-order valence-electron chi connectivity index (χ4n) is 4.57. The van der Waals surface area contributed by atoms with Crippen LogP contribution in [0.2, 0.25) is 0 Å².